The summed E-state index contributed by atoms with van der Waals surface area (Å²) >= 11 is 0. The van der Waals surface area contributed by atoms with Gasteiger partial charge in [0.2, 0.25) is 0 Å². The topological polar surface area (TPSA) is 35.5 Å². The van der Waals surface area contributed by atoms with Gasteiger partial charge in [0.15, 0.2) is 5.78 Å². The van der Waals surface area contributed by atoms with E-state index in [1.807, 2.05) is 81.5 Å². The normalized spacial score (nSPS) is 14.6. The molecule has 0 aliphatic heterocycles. The summed E-state index contributed by atoms with van der Waals surface area (Å²) in [4.78, 5) is 12.8. The molecule has 0 bridgehead atoms. The van der Waals surface area contributed by atoms with Crippen LogP contribution in [0.2, 0.25) is 0 Å². The van der Waals surface area contributed by atoms with Crippen LogP contribution in [-0.4, -0.2) is 11.4 Å². The minimum Gasteiger partial charge on any atom is -0.492 e. The summed E-state index contributed by atoms with van der Waals surface area (Å²) in [6, 6.07) is 15.2. The smallest absolute Gasteiger partial charge is 0.193 e. The van der Waals surface area contributed by atoms with Crippen molar-refractivity contribution < 1.29 is 14.3 Å². The Morgan fingerprint density at radius 1 is 0.733 bits per heavy atom. The van der Waals surface area contributed by atoms with Crippen LogP contribution in [0.3, 0.4) is 0 Å². The molecule has 3 heteroatoms. The fourth-order valence-corrected chi connectivity index (χ4v) is 3.28. The Balaban J connectivity index is 1.65. The van der Waals surface area contributed by atoms with Crippen LogP contribution in [0.4, 0.5) is 0 Å². The number of hydrogen-bond donors (Lipinski definition) is 0. The number of ether oxygens (including phenoxy) is 2. The monoisotopic (exact) mass is 404 g/mol. The van der Waals surface area contributed by atoms with E-state index in [2.05, 4.69) is 20.8 Å². The molecule has 0 fully saturated rings. The van der Waals surface area contributed by atoms with Crippen LogP contribution in [0.5, 0.6) is 5.75 Å². The van der Waals surface area contributed by atoms with Crippen LogP contribution < -0.4 is 4.74 Å². The first kappa shape index (κ1) is 21.9. The maximum absolute atomic E-state index is 12.8. The molecule has 2 aromatic rings. The Hall–Kier alpha value is -2.81. The number of benzene rings is 2. The molecule has 3 nitrogen and oxygen atoms in total. The van der Waals surface area contributed by atoms with Crippen molar-refractivity contribution in [2.45, 2.75) is 65.4 Å². The Morgan fingerprint density at radius 3 is 1.70 bits per heavy atom. The van der Waals surface area contributed by atoms with E-state index < -0.39 is 0 Å². The zero-order valence-corrected chi connectivity index (χ0v) is 18.9. The van der Waals surface area contributed by atoms with Crippen LogP contribution in [0, 0.1) is 0 Å². The van der Waals surface area contributed by atoms with E-state index in [1.54, 1.807) is 0 Å². The molecular weight excluding hydrogens is 372 g/mol. The molecule has 0 spiro atoms. The van der Waals surface area contributed by atoms with Gasteiger partial charge in [-0.15, -0.1) is 0 Å². The average Bonchev–Trinajstić information content (AvgIpc) is 2.68. The van der Waals surface area contributed by atoms with Gasteiger partial charge in [-0.2, -0.15) is 0 Å². The first-order chi connectivity index (χ1) is 14.0. The first-order valence-corrected chi connectivity index (χ1v) is 10.5. The van der Waals surface area contributed by atoms with Crippen molar-refractivity contribution in [1.82, 2.24) is 0 Å². The lowest BCUT2D eigenvalue weighted by Gasteiger charge is -2.25. The van der Waals surface area contributed by atoms with Gasteiger partial charge >= 0.3 is 0 Å². The van der Waals surface area contributed by atoms with E-state index in [-0.39, 0.29) is 16.8 Å². The maximum Gasteiger partial charge on any atom is 0.193 e. The standard InChI is InChI=1S/C27H32O3/c1-26(2,3)21-11-7-19(8-12-21)25(28)20-9-13-22(14-10-20)29-23-15-17-24(18-16-23)30-27(4,5)6/h7-15,17H,16,18H2,1-6H3. The number of hydrogen-bond acceptors (Lipinski definition) is 3. The quantitative estimate of drug-likeness (QED) is 0.505. The second-order valence-corrected chi connectivity index (χ2v) is 9.76. The molecule has 1 aliphatic rings. The van der Waals surface area contributed by atoms with Crippen molar-refractivity contribution in [3.8, 4) is 5.75 Å². The maximum atomic E-state index is 12.8. The predicted molar refractivity (Wildman–Crippen MR) is 122 cm³/mol. The van der Waals surface area contributed by atoms with Crippen LogP contribution in [-0.2, 0) is 10.2 Å². The molecule has 0 aromatic heterocycles. The molecule has 30 heavy (non-hydrogen) atoms. The van der Waals surface area contributed by atoms with Gasteiger partial charge in [-0.05, 0) is 68.2 Å². The lowest BCUT2D eigenvalue weighted by atomic mass is 9.86. The fraction of sp³-hybridized carbons (Fsp3) is 0.370. The molecule has 0 saturated heterocycles. The van der Waals surface area contributed by atoms with Gasteiger partial charge in [-0.1, -0.05) is 45.0 Å². The Morgan fingerprint density at radius 2 is 1.23 bits per heavy atom. The van der Waals surface area contributed by atoms with Crippen molar-refractivity contribution in [1.29, 1.82) is 0 Å². The van der Waals surface area contributed by atoms with Gasteiger partial charge in [-0.3, -0.25) is 4.79 Å². The van der Waals surface area contributed by atoms with Crippen LogP contribution in [0.15, 0.2) is 72.2 Å². The summed E-state index contributed by atoms with van der Waals surface area (Å²) < 4.78 is 11.9. The van der Waals surface area contributed by atoms with Crippen LogP contribution >= 0.6 is 0 Å². The van der Waals surface area contributed by atoms with Gasteiger partial charge in [-0.25, -0.2) is 0 Å². The molecule has 0 amide bonds. The SMILES string of the molecule is CC(C)(C)OC1=CC=C(Oc2ccc(C(=O)c3ccc(C(C)(C)C)cc3)cc2)CC1. The summed E-state index contributed by atoms with van der Waals surface area (Å²) in [5.74, 6) is 2.63. The molecular formula is C27H32O3. The minimum absolute atomic E-state index is 0.0193. The molecule has 0 heterocycles. The molecule has 158 valence electrons. The largest absolute Gasteiger partial charge is 0.492 e. The van der Waals surface area contributed by atoms with Crippen LogP contribution in [0.25, 0.3) is 0 Å². The highest BCUT2D eigenvalue weighted by Gasteiger charge is 2.17. The lowest BCUT2D eigenvalue weighted by molar-refractivity contribution is 0.0457. The molecule has 0 atom stereocenters. The van der Waals surface area contributed by atoms with E-state index in [1.165, 1.54) is 5.56 Å². The third-order valence-corrected chi connectivity index (χ3v) is 4.89. The van der Waals surface area contributed by atoms with E-state index in [0.29, 0.717) is 11.1 Å². The number of carbonyl (C=O) groups excluding carboxylic acids is 1. The van der Waals surface area contributed by atoms with E-state index in [4.69, 9.17) is 9.47 Å². The van der Waals surface area contributed by atoms with Gasteiger partial charge < -0.3 is 9.47 Å². The zero-order chi connectivity index (χ0) is 21.9. The summed E-state index contributed by atoms with van der Waals surface area (Å²) in [5.41, 5.74) is 2.46. The van der Waals surface area contributed by atoms with Gasteiger partial charge in [0.25, 0.3) is 0 Å². The lowest BCUT2D eigenvalue weighted by Crippen LogP contribution is -2.19. The number of carbonyl (C=O) groups is 1. The van der Waals surface area contributed by atoms with Crippen molar-refractivity contribution in [2.24, 2.45) is 0 Å². The summed E-state index contributed by atoms with van der Waals surface area (Å²) in [7, 11) is 0. The van der Waals surface area contributed by atoms with Gasteiger partial charge in [0, 0.05) is 24.0 Å². The zero-order valence-electron chi connectivity index (χ0n) is 18.9. The summed E-state index contributed by atoms with van der Waals surface area (Å²) in [6.45, 7) is 12.6. The number of rotatable bonds is 5. The van der Waals surface area contributed by atoms with Crippen molar-refractivity contribution in [3.05, 3.63) is 88.9 Å². The molecule has 0 radical (unpaired) electrons. The summed E-state index contributed by atoms with van der Waals surface area (Å²) in [6.07, 6.45) is 5.55. The third-order valence-electron chi connectivity index (χ3n) is 4.89. The molecule has 1 aliphatic carbocycles. The summed E-state index contributed by atoms with van der Waals surface area (Å²) in [5, 5.41) is 0. The third kappa shape index (κ3) is 5.85. The predicted octanol–water partition coefficient (Wildman–Crippen LogP) is 6.97. The molecule has 2 aromatic carbocycles. The second-order valence-electron chi connectivity index (χ2n) is 9.76. The van der Waals surface area contributed by atoms with E-state index in [9.17, 15) is 4.79 Å². The highest BCUT2D eigenvalue weighted by atomic mass is 16.5. The first-order valence-electron chi connectivity index (χ1n) is 10.5. The van der Waals surface area contributed by atoms with Crippen LogP contribution in [0.1, 0.15) is 75.9 Å². The number of ketones is 1. The Kier molecular flexibility index (Phi) is 6.21. The van der Waals surface area contributed by atoms with Crippen molar-refractivity contribution >= 4 is 5.78 Å². The minimum atomic E-state index is -0.187. The van der Waals surface area contributed by atoms with Crippen molar-refractivity contribution in [2.75, 3.05) is 0 Å². The van der Waals surface area contributed by atoms with Gasteiger partial charge in [0.05, 0.1) is 5.76 Å². The molecule has 0 N–H and O–H groups in total. The Bertz CT molecular complexity index is 947. The molecule has 0 saturated carbocycles. The molecule has 3 rings (SSSR count). The highest BCUT2D eigenvalue weighted by Crippen LogP contribution is 2.27. The fourth-order valence-electron chi connectivity index (χ4n) is 3.28. The second kappa shape index (κ2) is 8.51. The molecule has 0 unspecified atom stereocenters. The number of allylic oxidation sites excluding steroid dienone is 4. The highest BCUT2D eigenvalue weighted by molar-refractivity contribution is 6.09. The van der Waals surface area contributed by atoms with Crippen molar-refractivity contribution in [3.63, 3.8) is 0 Å². The Labute approximate surface area is 180 Å². The van der Waals surface area contributed by atoms with Gasteiger partial charge in [0.1, 0.15) is 17.1 Å². The van der Waals surface area contributed by atoms with E-state index in [0.717, 1.165) is 30.1 Å². The average molecular weight is 405 g/mol. The van der Waals surface area contributed by atoms with E-state index >= 15 is 0 Å².